The summed E-state index contributed by atoms with van der Waals surface area (Å²) in [6.07, 6.45) is 1.66. The first-order valence-corrected chi connectivity index (χ1v) is 5.46. The summed E-state index contributed by atoms with van der Waals surface area (Å²) >= 11 is 3.13. The van der Waals surface area contributed by atoms with Crippen LogP contribution in [0, 0.1) is 5.82 Å². The van der Waals surface area contributed by atoms with Gasteiger partial charge < -0.3 is 5.32 Å². The van der Waals surface area contributed by atoms with Gasteiger partial charge in [0.25, 0.3) is 0 Å². The summed E-state index contributed by atoms with van der Waals surface area (Å²) in [6, 6.07) is 6.45. The molecule has 0 aliphatic rings. The van der Waals surface area contributed by atoms with E-state index in [0.717, 1.165) is 11.4 Å². The van der Waals surface area contributed by atoms with Crippen molar-refractivity contribution in [2.75, 3.05) is 12.4 Å². The molecule has 0 spiro atoms. The third kappa shape index (κ3) is 2.19. The molecule has 0 bridgehead atoms. The molecule has 1 heterocycles. The quantitative estimate of drug-likeness (QED) is 0.919. The fraction of sp³-hybridized carbons (Fsp3) is 0.0909. The van der Waals surface area contributed by atoms with Crippen molar-refractivity contribution in [1.82, 2.24) is 9.97 Å². The predicted octanol–water partition coefficient (Wildman–Crippen LogP) is 3.09. The van der Waals surface area contributed by atoms with Crippen LogP contribution >= 0.6 is 15.9 Å². The first kappa shape index (κ1) is 11.0. The van der Waals surface area contributed by atoms with Gasteiger partial charge in [-0.05, 0) is 40.2 Å². The molecule has 0 fully saturated rings. The second kappa shape index (κ2) is 4.57. The maximum absolute atomic E-state index is 13.1. The van der Waals surface area contributed by atoms with Crippen molar-refractivity contribution in [3.05, 3.63) is 40.8 Å². The highest BCUT2D eigenvalue weighted by Gasteiger charge is 2.05. The second-order valence-corrected chi connectivity index (χ2v) is 4.00. The van der Waals surface area contributed by atoms with Gasteiger partial charge in [0.05, 0.1) is 4.47 Å². The average Bonchev–Trinajstić information content (AvgIpc) is 2.33. The van der Waals surface area contributed by atoms with E-state index in [1.807, 2.05) is 0 Å². The summed E-state index contributed by atoms with van der Waals surface area (Å²) in [5, 5.41) is 2.93. The Labute approximate surface area is 101 Å². The van der Waals surface area contributed by atoms with Crippen LogP contribution in [0.2, 0.25) is 0 Å². The number of rotatable bonds is 2. The van der Waals surface area contributed by atoms with Crippen LogP contribution < -0.4 is 5.32 Å². The normalized spacial score (nSPS) is 10.2. The van der Waals surface area contributed by atoms with Crippen molar-refractivity contribution in [2.24, 2.45) is 0 Å². The van der Waals surface area contributed by atoms with E-state index in [2.05, 4.69) is 31.2 Å². The number of nitrogens with zero attached hydrogens (tertiary/aromatic N) is 2. The third-order valence-electron chi connectivity index (χ3n) is 2.09. The highest BCUT2D eigenvalue weighted by atomic mass is 79.9. The van der Waals surface area contributed by atoms with Gasteiger partial charge in [0.2, 0.25) is 0 Å². The van der Waals surface area contributed by atoms with Crippen molar-refractivity contribution in [1.29, 1.82) is 0 Å². The third-order valence-corrected chi connectivity index (χ3v) is 2.70. The first-order chi connectivity index (χ1) is 7.70. The summed E-state index contributed by atoms with van der Waals surface area (Å²) in [4.78, 5) is 8.40. The lowest BCUT2D eigenvalue weighted by Crippen LogP contribution is -1.95. The fourth-order valence-corrected chi connectivity index (χ4v) is 1.65. The molecule has 5 heteroatoms. The van der Waals surface area contributed by atoms with E-state index in [1.54, 1.807) is 31.4 Å². The summed E-state index contributed by atoms with van der Waals surface area (Å²) in [5.41, 5.74) is 0.769. The Morgan fingerprint density at radius 3 is 2.81 bits per heavy atom. The van der Waals surface area contributed by atoms with E-state index in [1.165, 1.54) is 6.07 Å². The van der Waals surface area contributed by atoms with Crippen LogP contribution in [0.4, 0.5) is 10.2 Å². The van der Waals surface area contributed by atoms with E-state index in [0.29, 0.717) is 10.3 Å². The maximum atomic E-state index is 13.1. The van der Waals surface area contributed by atoms with Crippen LogP contribution in [0.1, 0.15) is 0 Å². The molecule has 0 atom stereocenters. The maximum Gasteiger partial charge on any atom is 0.161 e. The summed E-state index contributed by atoms with van der Waals surface area (Å²) in [6.45, 7) is 0. The zero-order valence-electron chi connectivity index (χ0n) is 8.54. The monoisotopic (exact) mass is 281 g/mol. The minimum Gasteiger partial charge on any atom is -0.373 e. The number of hydrogen-bond acceptors (Lipinski definition) is 3. The van der Waals surface area contributed by atoms with E-state index in [4.69, 9.17) is 0 Å². The van der Waals surface area contributed by atoms with Gasteiger partial charge in [0.15, 0.2) is 5.82 Å². The highest BCUT2D eigenvalue weighted by Crippen LogP contribution is 2.23. The molecule has 0 saturated heterocycles. The lowest BCUT2D eigenvalue weighted by Gasteiger charge is -2.03. The number of benzene rings is 1. The molecule has 82 valence electrons. The molecule has 1 N–H and O–H groups in total. The van der Waals surface area contributed by atoms with Crippen molar-refractivity contribution in [3.8, 4) is 11.4 Å². The molecule has 0 amide bonds. The van der Waals surface area contributed by atoms with Crippen molar-refractivity contribution in [2.45, 2.75) is 0 Å². The topological polar surface area (TPSA) is 37.8 Å². The number of nitrogens with one attached hydrogen (secondary N) is 1. The number of hydrogen-bond donors (Lipinski definition) is 1. The number of anilines is 1. The number of aromatic nitrogens is 2. The molecule has 0 radical (unpaired) electrons. The standard InChI is InChI=1S/C11H9BrFN3/c1-14-10-4-5-15-11(16-10)7-2-3-9(13)8(12)6-7/h2-6H,1H3,(H,14,15,16). The van der Waals surface area contributed by atoms with Crippen LogP contribution in [0.25, 0.3) is 11.4 Å². The minimum absolute atomic E-state index is 0.298. The molecule has 2 aromatic rings. The zero-order chi connectivity index (χ0) is 11.5. The molecule has 3 nitrogen and oxygen atoms in total. The smallest absolute Gasteiger partial charge is 0.161 e. The molecular formula is C11H9BrFN3. The van der Waals surface area contributed by atoms with Crippen LogP contribution in [-0.4, -0.2) is 17.0 Å². The molecule has 0 aliphatic carbocycles. The average molecular weight is 282 g/mol. The minimum atomic E-state index is -0.298. The Morgan fingerprint density at radius 1 is 1.31 bits per heavy atom. The zero-order valence-corrected chi connectivity index (χ0v) is 10.1. The van der Waals surface area contributed by atoms with Gasteiger partial charge in [-0.15, -0.1) is 0 Å². The molecule has 1 aromatic heterocycles. The lowest BCUT2D eigenvalue weighted by molar-refractivity contribution is 0.621. The SMILES string of the molecule is CNc1ccnc(-c2ccc(F)c(Br)c2)n1. The van der Waals surface area contributed by atoms with Crippen LogP contribution in [0.3, 0.4) is 0 Å². The molecular weight excluding hydrogens is 273 g/mol. The van der Waals surface area contributed by atoms with Crippen molar-refractivity contribution in [3.63, 3.8) is 0 Å². The molecule has 0 aliphatic heterocycles. The Bertz CT molecular complexity index is 516. The first-order valence-electron chi connectivity index (χ1n) is 4.67. The van der Waals surface area contributed by atoms with Gasteiger partial charge in [-0.1, -0.05) is 0 Å². The van der Waals surface area contributed by atoms with E-state index < -0.39 is 0 Å². The van der Waals surface area contributed by atoms with Crippen LogP contribution in [0.15, 0.2) is 34.9 Å². The molecule has 16 heavy (non-hydrogen) atoms. The predicted molar refractivity (Wildman–Crippen MR) is 64.7 cm³/mol. The molecule has 2 rings (SSSR count). The molecule has 1 aromatic carbocycles. The van der Waals surface area contributed by atoms with Crippen molar-refractivity contribution < 1.29 is 4.39 Å². The Kier molecular flexibility index (Phi) is 3.14. The molecule has 0 unspecified atom stereocenters. The van der Waals surface area contributed by atoms with Gasteiger partial charge in [0.1, 0.15) is 11.6 Å². The lowest BCUT2D eigenvalue weighted by atomic mass is 10.2. The summed E-state index contributed by atoms with van der Waals surface area (Å²) in [7, 11) is 1.78. The molecule has 0 saturated carbocycles. The van der Waals surface area contributed by atoms with Gasteiger partial charge in [-0.3, -0.25) is 0 Å². The summed E-state index contributed by atoms with van der Waals surface area (Å²) in [5.74, 6) is 0.992. The fourth-order valence-electron chi connectivity index (χ4n) is 1.27. The van der Waals surface area contributed by atoms with E-state index >= 15 is 0 Å². The Balaban J connectivity index is 2.46. The highest BCUT2D eigenvalue weighted by molar-refractivity contribution is 9.10. The summed E-state index contributed by atoms with van der Waals surface area (Å²) < 4.78 is 13.5. The van der Waals surface area contributed by atoms with Crippen molar-refractivity contribution >= 4 is 21.7 Å². The number of halogens is 2. The Morgan fingerprint density at radius 2 is 2.12 bits per heavy atom. The largest absolute Gasteiger partial charge is 0.373 e. The second-order valence-electron chi connectivity index (χ2n) is 3.14. The van der Waals surface area contributed by atoms with Gasteiger partial charge in [0, 0.05) is 18.8 Å². The van der Waals surface area contributed by atoms with Gasteiger partial charge >= 0.3 is 0 Å². The van der Waals surface area contributed by atoms with E-state index in [-0.39, 0.29) is 5.82 Å². The van der Waals surface area contributed by atoms with Crippen LogP contribution in [-0.2, 0) is 0 Å². The van der Waals surface area contributed by atoms with Gasteiger partial charge in [-0.25, -0.2) is 14.4 Å². The van der Waals surface area contributed by atoms with Gasteiger partial charge in [-0.2, -0.15) is 0 Å². The van der Waals surface area contributed by atoms with E-state index in [9.17, 15) is 4.39 Å². The van der Waals surface area contributed by atoms with Crippen LogP contribution in [0.5, 0.6) is 0 Å². The Hall–Kier alpha value is -1.49.